The highest BCUT2D eigenvalue weighted by Crippen LogP contribution is 2.25. The Morgan fingerprint density at radius 3 is 2.53 bits per heavy atom. The van der Waals surface area contributed by atoms with Crippen molar-refractivity contribution in [3.8, 4) is 0 Å². The van der Waals surface area contributed by atoms with Gasteiger partial charge < -0.3 is 10.6 Å². The second-order valence-electron chi connectivity index (χ2n) is 4.83. The van der Waals surface area contributed by atoms with Crippen molar-refractivity contribution < 1.29 is 4.79 Å². The van der Waals surface area contributed by atoms with E-state index in [0.29, 0.717) is 6.04 Å². The Balaban J connectivity index is 2.78. The number of nitrogens with zero attached hydrogens (tertiary/aromatic N) is 1. The lowest BCUT2D eigenvalue weighted by atomic mass is 9.89. The van der Waals surface area contributed by atoms with Gasteiger partial charge in [0.05, 0.1) is 10.4 Å². The molecule has 0 radical (unpaired) electrons. The molecule has 1 atom stereocenters. The minimum Gasteiger partial charge on any atom is -0.392 e. The number of rotatable bonds is 2. The van der Waals surface area contributed by atoms with Gasteiger partial charge in [0.15, 0.2) is 0 Å². The van der Waals surface area contributed by atoms with Gasteiger partial charge in [-0.05, 0) is 40.0 Å². The van der Waals surface area contributed by atoms with E-state index < -0.39 is 5.41 Å². The molecule has 0 aliphatic carbocycles. The lowest BCUT2D eigenvalue weighted by molar-refractivity contribution is -0.140. The van der Waals surface area contributed by atoms with Gasteiger partial charge in [0, 0.05) is 12.6 Å². The van der Waals surface area contributed by atoms with Gasteiger partial charge in [-0.2, -0.15) is 0 Å². The first-order valence-corrected chi connectivity index (χ1v) is 5.89. The zero-order chi connectivity index (χ0) is 11.6. The van der Waals surface area contributed by atoms with Gasteiger partial charge in [0.1, 0.15) is 0 Å². The van der Waals surface area contributed by atoms with Crippen molar-refractivity contribution in [3.63, 3.8) is 0 Å². The highest BCUT2D eigenvalue weighted by atomic mass is 32.1. The Bertz CT molecular complexity index is 276. The molecule has 0 bridgehead atoms. The van der Waals surface area contributed by atoms with Gasteiger partial charge in [-0.1, -0.05) is 12.2 Å². The van der Waals surface area contributed by atoms with Crippen LogP contribution in [0.2, 0.25) is 0 Å². The molecule has 0 saturated carbocycles. The third kappa shape index (κ3) is 2.48. The molecule has 1 aliphatic rings. The number of carbonyl (C=O) groups excluding carboxylic acids is 1. The minimum atomic E-state index is -0.707. The van der Waals surface area contributed by atoms with Crippen LogP contribution in [0.5, 0.6) is 0 Å². The fourth-order valence-corrected chi connectivity index (χ4v) is 1.95. The molecule has 4 heteroatoms. The van der Waals surface area contributed by atoms with Crippen molar-refractivity contribution in [1.82, 2.24) is 4.90 Å². The maximum Gasteiger partial charge on any atom is 0.235 e. The molecule has 0 aromatic heterocycles. The number of nitrogens with two attached hydrogens (primary N) is 1. The number of amides is 1. The molecule has 1 saturated heterocycles. The van der Waals surface area contributed by atoms with Crippen molar-refractivity contribution in [3.05, 3.63) is 0 Å². The molecule has 86 valence electrons. The van der Waals surface area contributed by atoms with Gasteiger partial charge in [0.25, 0.3) is 0 Å². The summed E-state index contributed by atoms with van der Waals surface area (Å²) in [6.07, 6.45) is 3.38. The van der Waals surface area contributed by atoms with Gasteiger partial charge in [-0.15, -0.1) is 0 Å². The Morgan fingerprint density at radius 1 is 1.47 bits per heavy atom. The van der Waals surface area contributed by atoms with Crippen LogP contribution in [0.25, 0.3) is 0 Å². The first kappa shape index (κ1) is 12.4. The molecule has 2 N–H and O–H groups in total. The molecule has 1 fully saturated rings. The number of likely N-dealkylation sites (tertiary alicyclic amines) is 1. The average molecular weight is 228 g/mol. The lowest BCUT2D eigenvalue weighted by Gasteiger charge is -2.38. The van der Waals surface area contributed by atoms with Gasteiger partial charge >= 0.3 is 0 Å². The van der Waals surface area contributed by atoms with Crippen molar-refractivity contribution >= 4 is 23.1 Å². The van der Waals surface area contributed by atoms with Crippen LogP contribution in [0.1, 0.15) is 40.0 Å². The van der Waals surface area contributed by atoms with Crippen molar-refractivity contribution in [2.45, 2.75) is 46.1 Å². The fourth-order valence-electron chi connectivity index (χ4n) is 1.86. The Morgan fingerprint density at radius 2 is 2.07 bits per heavy atom. The Labute approximate surface area is 97.0 Å². The standard InChI is InChI=1S/C11H20N2OS/c1-8-6-4-5-7-13(8)10(14)11(2,3)9(12)15/h8H,4-7H2,1-3H3,(H2,12,15). The second-order valence-corrected chi connectivity index (χ2v) is 5.27. The minimum absolute atomic E-state index is 0.0715. The van der Waals surface area contributed by atoms with E-state index in [1.807, 2.05) is 4.90 Å². The number of hydrogen-bond donors (Lipinski definition) is 1. The van der Waals surface area contributed by atoms with Crippen LogP contribution < -0.4 is 5.73 Å². The van der Waals surface area contributed by atoms with Gasteiger partial charge in [-0.25, -0.2) is 0 Å². The highest BCUT2D eigenvalue weighted by molar-refractivity contribution is 7.80. The van der Waals surface area contributed by atoms with E-state index in [9.17, 15) is 4.79 Å². The number of thiocarbonyl (C=S) groups is 1. The molecular formula is C11H20N2OS. The zero-order valence-electron chi connectivity index (χ0n) is 9.75. The smallest absolute Gasteiger partial charge is 0.235 e. The monoisotopic (exact) mass is 228 g/mol. The largest absolute Gasteiger partial charge is 0.392 e. The van der Waals surface area contributed by atoms with Crippen molar-refractivity contribution in [2.75, 3.05) is 6.54 Å². The highest BCUT2D eigenvalue weighted by Gasteiger charge is 2.37. The first-order valence-electron chi connectivity index (χ1n) is 5.48. The van der Waals surface area contributed by atoms with E-state index in [-0.39, 0.29) is 10.9 Å². The van der Waals surface area contributed by atoms with Gasteiger partial charge in [0.2, 0.25) is 5.91 Å². The molecule has 0 spiro atoms. The first-order chi connectivity index (χ1) is 6.87. The Kier molecular flexibility index (Phi) is 3.71. The van der Waals surface area contributed by atoms with E-state index >= 15 is 0 Å². The van der Waals surface area contributed by atoms with Crippen LogP contribution in [-0.2, 0) is 4.79 Å². The maximum atomic E-state index is 12.2. The molecule has 1 aliphatic heterocycles. The van der Waals surface area contributed by atoms with Crippen LogP contribution in [-0.4, -0.2) is 28.4 Å². The van der Waals surface area contributed by atoms with Crippen LogP contribution >= 0.6 is 12.2 Å². The third-order valence-corrected chi connectivity index (χ3v) is 3.72. The van der Waals surface area contributed by atoms with E-state index in [2.05, 4.69) is 6.92 Å². The van der Waals surface area contributed by atoms with E-state index in [0.717, 1.165) is 19.4 Å². The quantitative estimate of drug-likeness (QED) is 0.732. The summed E-state index contributed by atoms with van der Waals surface area (Å²) in [4.78, 5) is 14.4. The van der Waals surface area contributed by atoms with Crippen molar-refractivity contribution in [2.24, 2.45) is 11.1 Å². The van der Waals surface area contributed by atoms with Crippen LogP contribution in [0.3, 0.4) is 0 Å². The van der Waals surface area contributed by atoms with Crippen LogP contribution in [0, 0.1) is 5.41 Å². The average Bonchev–Trinajstić information content (AvgIpc) is 2.17. The Hall–Kier alpha value is -0.640. The fraction of sp³-hybridized carbons (Fsp3) is 0.818. The summed E-state index contributed by atoms with van der Waals surface area (Å²) < 4.78 is 0. The van der Waals surface area contributed by atoms with E-state index in [1.54, 1.807) is 13.8 Å². The molecule has 0 aromatic carbocycles. The predicted octanol–water partition coefficient (Wildman–Crippen LogP) is 1.70. The summed E-state index contributed by atoms with van der Waals surface area (Å²) in [6.45, 7) is 6.54. The number of carbonyl (C=O) groups is 1. The summed E-state index contributed by atoms with van der Waals surface area (Å²) >= 11 is 4.95. The normalized spacial score (nSPS) is 22.6. The summed E-state index contributed by atoms with van der Waals surface area (Å²) in [5.74, 6) is 0.0715. The second kappa shape index (κ2) is 4.47. The topological polar surface area (TPSA) is 46.3 Å². The third-order valence-electron chi connectivity index (χ3n) is 3.21. The summed E-state index contributed by atoms with van der Waals surface area (Å²) in [6, 6.07) is 0.319. The molecule has 1 heterocycles. The molecular weight excluding hydrogens is 208 g/mol. The molecule has 15 heavy (non-hydrogen) atoms. The van der Waals surface area contributed by atoms with E-state index in [4.69, 9.17) is 18.0 Å². The molecule has 1 rings (SSSR count). The molecule has 1 amide bonds. The lowest BCUT2D eigenvalue weighted by Crippen LogP contribution is -2.51. The number of piperidine rings is 1. The number of hydrogen-bond acceptors (Lipinski definition) is 2. The molecule has 3 nitrogen and oxygen atoms in total. The molecule has 1 unspecified atom stereocenters. The summed E-state index contributed by atoms with van der Waals surface area (Å²) in [7, 11) is 0. The van der Waals surface area contributed by atoms with Crippen molar-refractivity contribution in [1.29, 1.82) is 0 Å². The van der Waals surface area contributed by atoms with Crippen LogP contribution in [0.4, 0.5) is 0 Å². The zero-order valence-corrected chi connectivity index (χ0v) is 10.6. The maximum absolute atomic E-state index is 12.2. The summed E-state index contributed by atoms with van der Waals surface area (Å²) in [5.41, 5.74) is 4.90. The molecule has 0 aromatic rings. The van der Waals surface area contributed by atoms with Crippen LogP contribution in [0.15, 0.2) is 0 Å². The predicted molar refractivity (Wildman–Crippen MR) is 65.6 cm³/mol. The SMILES string of the molecule is CC1CCCCN1C(=O)C(C)(C)C(N)=S. The van der Waals surface area contributed by atoms with Gasteiger partial charge in [-0.3, -0.25) is 4.79 Å². The summed E-state index contributed by atoms with van der Waals surface area (Å²) in [5, 5.41) is 0. The van der Waals surface area contributed by atoms with E-state index in [1.165, 1.54) is 6.42 Å².